The molecular formula is C17H22ClNO5. The van der Waals surface area contributed by atoms with Crippen LogP contribution >= 0.6 is 11.6 Å². The topological polar surface area (TPSA) is 73.9 Å². The number of carbonyl (C=O) groups excluding carboxylic acids is 2. The average Bonchev–Trinajstić information content (AvgIpc) is 3.39. The Bertz CT molecular complexity index is 615. The van der Waals surface area contributed by atoms with Crippen LogP contribution < -0.4 is 14.8 Å². The van der Waals surface area contributed by atoms with Crippen molar-refractivity contribution in [1.29, 1.82) is 0 Å². The van der Waals surface area contributed by atoms with Crippen molar-refractivity contribution >= 4 is 23.5 Å². The molecule has 24 heavy (non-hydrogen) atoms. The van der Waals surface area contributed by atoms with Gasteiger partial charge in [0.25, 0.3) is 5.91 Å². The van der Waals surface area contributed by atoms with Gasteiger partial charge in [-0.25, -0.2) is 4.79 Å². The van der Waals surface area contributed by atoms with Crippen LogP contribution in [0.4, 0.5) is 0 Å². The lowest BCUT2D eigenvalue weighted by atomic mass is 10.2. The van der Waals surface area contributed by atoms with Crippen LogP contribution in [-0.4, -0.2) is 38.2 Å². The summed E-state index contributed by atoms with van der Waals surface area (Å²) < 4.78 is 15.6. The van der Waals surface area contributed by atoms with E-state index < -0.39 is 5.97 Å². The molecule has 6 nitrogen and oxygen atoms in total. The van der Waals surface area contributed by atoms with Crippen molar-refractivity contribution in [3.05, 3.63) is 22.7 Å². The second-order valence-corrected chi connectivity index (χ2v) is 6.10. The van der Waals surface area contributed by atoms with Crippen LogP contribution in [0.3, 0.4) is 0 Å². The molecule has 0 radical (unpaired) electrons. The smallest absolute Gasteiger partial charge is 0.338 e. The Labute approximate surface area is 146 Å². The third kappa shape index (κ3) is 4.77. The number of nitrogens with one attached hydrogen (secondary N) is 1. The van der Waals surface area contributed by atoms with E-state index in [9.17, 15) is 9.59 Å². The Balaban J connectivity index is 1.96. The van der Waals surface area contributed by atoms with E-state index in [-0.39, 0.29) is 29.1 Å². The first-order chi connectivity index (χ1) is 11.5. The molecule has 0 aromatic heterocycles. The van der Waals surface area contributed by atoms with Crippen LogP contribution in [0.1, 0.15) is 37.0 Å². The number of esters is 1. The first-order valence-corrected chi connectivity index (χ1v) is 8.30. The standard InChI is InChI=1S/C17H22ClNO5/c1-4-23-16-13(18)7-12(8-14(16)22-3)17(21)24-9-15(20)19-10(2)11-5-6-11/h7-8,10-11H,4-6,9H2,1-3H3,(H,19,20)/t10-/m0/s1. The van der Waals surface area contributed by atoms with E-state index in [2.05, 4.69) is 5.32 Å². The average molecular weight is 356 g/mol. The highest BCUT2D eigenvalue weighted by atomic mass is 35.5. The van der Waals surface area contributed by atoms with Crippen molar-refractivity contribution in [1.82, 2.24) is 5.32 Å². The van der Waals surface area contributed by atoms with Gasteiger partial charge in [-0.2, -0.15) is 0 Å². The van der Waals surface area contributed by atoms with Crippen molar-refractivity contribution in [2.75, 3.05) is 20.3 Å². The molecule has 1 aromatic rings. The van der Waals surface area contributed by atoms with Gasteiger partial charge < -0.3 is 19.5 Å². The number of methoxy groups -OCH3 is 1. The molecule has 0 aliphatic heterocycles. The van der Waals surface area contributed by atoms with Crippen LogP contribution in [0.2, 0.25) is 5.02 Å². The van der Waals surface area contributed by atoms with Gasteiger partial charge in [0.1, 0.15) is 0 Å². The molecule has 132 valence electrons. The van der Waals surface area contributed by atoms with Crippen molar-refractivity contribution in [3.63, 3.8) is 0 Å². The zero-order valence-corrected chi connectivity index (χ0v) is 14.8. The van der Waals surface area contributed by atoms with Crippen LogP contribution in [0.25, 0.3) is 0 Å². The first-order valence-electron chi connectivity index (χ1n) is 7.93. The van der Waals surface area contributed by atoms with E-state index in [1.54, 1.807) is 0 Å². The van der Waals surface area contributed by atoms with Gasteiger partial charge in [-0.15, -0.1) is 0 Å². The van der Waals surface area contributed by atoms with E-state index in [1.807, 2.05) is 13.8 Å². The van der Waals surface area contributed by atoms with Gasteiger partial charge in [-0.1, -0.05) is 11.6 Å². The lowest BCUT2D eigenvalue weighted by Crippen LogP contribution is -2.37. The largest absolute Gasteiger partial charge is 0.493 e. The van der Waals surface area contributed by atoms with E-state index in [0.717, 1.165) is 12.8 Å². The van der Waals surface area contributed by atoms with Gasteiger partial charge in [0.05, 0.1) is 24.3 Å². The molecule has 1 atom stereocenters. The predicted octanol–water partition coefficient (Wildman–Crippen LogP) is 2.82. The Morgan fingerprint density at radius 3 is 2.67 bits per heavy atom. The molecule has 0 unspecified atom stereocenters. The minimum absolute atomic E-state index is 0.108. The second-order valence-electron chi connectivity index (χ2n) is 5.69. The zero-order chi connectivity index (χ0) is 17.7. The van der Waals surface area contributed by atoms with Crippen molar-refractivity contribution in [2.24, 2.45) is 5.92 Å². The molecule has 0 saturated heterocycles. The minimum Gasteiger partial charge on any atom is -0.493 e. The maximum atomic E-state index is 12.1. The summed E-state index contributed by atoms with van der Waals surface area (Å²) in [5.74, 6) is 0.287. The predicted molar refractivity (Wildman–Crippen MR) is 89.8 cm³/mol. The van der Waals surface area contributed by atoms with Crippen molar-refractivity contribution < 1.29 is 23.8 Å². The Kier molecular flexibility index (Phi) is 6.31. The SMILES string of the molecule is CCOc1c(Cl)cc(C(=O)OCC(=O)N[C@@H](C)C2CC2)cc1OC. The molecule has 0 heterocycles. The molecule has 1 amide bonds. The van der Waals surface area contributed by atoms with E-state index in [1.165, 1.54) is 19.2 Å². The first kappa shape index (κ1) is 18.4. The van der Waals surface area contributed by atoms with Gasteiger partial charge in [0.2, 0.25) is 0 Å². The number of benzene rings is 1. The normalized spacial score (nSPS) is 14.7. The molecule has 1 aromatic carbocycles. The lowest BCUT2D eigenvalue weighted by molar-refractivity contribution is -0.124. The number of hydrogen-bond donors (Lipinski definition) is 1. The molecule has 1 saturated carbocycles. The fraction of sp³-hybridized carbons (Fsp3) is 0.529. The second kappa shape index (κ2) is 8.24. The Morgan fingerprint density at radius 1 is 1.38 bits per heavy atom. The lowest BCUT2D eigenvalue weighted by Gasteiger charge is -2.14. The molecule has 2 rings (SSSR count). The number of halogens is 1. The summed E-state index contributed by atoms with van der Waals surface area (Å²) in [6.07, 6.45) is 2.26. The molecule has 1 fully saturated rings. The van der Waals surface area contributed by atoms with Crippen LogP contribution in [0.15, 0.2) is 12.1 Å². The van der Waals surface area contributed by atoms with Gasteiger partial charge >= 0.3 is 5.97 Å². The van der Waals surface area contributed by atoms with Crippen molar-refractivity contribution in [2.45, 2.75) is 32.7 Å². The van der Waals surface area contributed by atoms with E-state index in [4.69, 9.17) is 25.8 Å². The summed E-state index contributed by atoms with van der Waals surface area (Å²) >= 11 is 6.12. The number of amides is 1. The summed E-state index contributed by atoms with van der Waals surface area (Å²) in [5, 5.41) is 3.07. The number of carbonyl (C=O) groups is 2. The highest BCUT2D eigenvalue weighted by Crippen LogP contribution is 2.36. The Hall–Kier alpha value is -1.95. The van der Waals surface area contributed by atoms with Crippen LogP contribution in [0.5, 0.6) is 11.5 Å². The number of ether oxygens (including phenoxy) is 3. The third-order valence-corrected chi connectivity index (χ3v) is 4.09. The summed E-state index contributed by atoms with van der Waals surface area (Å²) in [5.41, 5.74) is 0.198. The maximum Gasteiger partial charge on any atom is 0.338 e. The molecule has 0 bridgehead atoms. The monoisotopic (exact) mass is 355 g/mol. The summed E-state index contributed by atoms with van der Waals surface area (Å²) in [4.78, 5) is 23.9. The highest BCUT2D eigenvalue weighted by Gasteiger charge is 2.29. The number of hydrogen-bond acceptors (Lipinski definition) is 5. The molecular weight excluding hydrogens is 334 g/mol. The maximum absolute atomic E-state index is 12.1. The summed E-state index contributed by atoms with van der Waals surface area (Å²) in [6.45, 7) is 3.86. The highest BCUT2D eigenvalue weighted by molar-refractivity contribution is 6.32. The zero-order valence-electron chi connectivity index (χ0n) is 14.1. The van der Waals surface area contributed by atoms with Gasteiger partial charge in [0.15, 0.2) is 18.1 Å². The van der Waals surface area contributed by atoms with E-state index in [0.29, 0.717) is 24.0 Å². The van der Waals surface area contributed by atoms with Crippen LogP contribution in [-0.2, 0) is 9.53 Å². The summed E-state index contributed by atoms with van der Waals surface area (Å²) in [7, 11) is 1.45. The van der Waals surface area contributed by atoms with Crippen molar-refractivity contribution in [3.8, 4) is 11.5 Å². The molecule has 1 aliphatic rings. The number of rotatable bonds is 8. The van der Waals surface area contributed by atoms with E-state index >= 15 is 0 Å². The molecule has 1 aliphatic carbocycles. The molecule has 0 spiro atoms. The fourth-order valence-electron chi connectivity index (χ4n) is 2.35. The molecule has 7 heteroatoms. The van der Waals surface area contributed by atoms with Gasteiger partial charge in [-0.05, 0) is 44.7 Å². The quantitative estimate of drug-likeness (QED) is 0.726. The molecule has 1 N–H and O–H groups in total. The van der Waals surface area contributed by atoms with Gasteiger partial charge in [-0.3, -0.25) is 4.79 Å². The third-order valence-electron chi connectivity index (χ3n) is 3.81. The fourth-order valence-corrected chi connectivity index (χ4v) is 2.61. The Morgan fingerprint density at radius 2 is 2.08 bits per heavy atom. The van der Waals surface area contributed by atoms with Gasteiger partial charge in [0, 0.05) is 6.04 Å². The minimum atomic E-state index is -0.646. The summed E-state index contributed by atoms with van der Waals surface area (Å²) in [6, 6.07) is 3.02. The van der Waals surface area contributed by atoms with Crippen LogP contribution in [0, 0.1) is 5.92 Å².